The lowest BCUT2D eigenvalue weighted by atomic mass is 10.1. The quantitative estimate of drug-likeness (QED) is 0.868. The summed E-state index contributed by atoms with van der Waals surface area (Å²) < 4.78 is 5.40. The van der Waals surface area contributed by atoms with Crippen LogP contribution in [0.15, 0.2) is 34.9 Å². The minimum atomic E-state index is -0.438. The Morgan fingerprint density at radius 3 is 2.76 bits per heavy atom. The number of hydrogen-bond donors (Lipinski definition) is 1. The molecule has 1 aromatic heterocycles. The van der Waals surface area contributed by atoms with Gasteiger partial charge in [0.05, 0.1) is 12.6 Å². The molecule has 4 rings (SSSR count). The molecular formula is C19H26N4O2. The number of aliphatic hydroxyl groups excluding tert-OH is 1. The molecule has 0 unspecified atom stereocenters. The molecule has 0 amide bonds. The van der Waals surface area contributed by atoms with E-state index in [-0.39, 0.29) is 0 Å². The van der Waals surface area contributed by atoms with Gasteiger partial charge < -0.3 is 9.63 Å². The molecule has 0 bridgehead atoms. The Morgan fingerprint density at radius 2 is 2.04 bits per heavy atom. The second-order valence-corrected chi connectivity index (χ2v) is 7.33. The van der Waals surface area contributed by atoms with E-state index in [2.05, 4.69) is 26.9 Å². The van der Waals surface area contributed by atoms with Crippen molar-refractivity contribution in [3.63, 3.8) is 0 Å². The van der Waals surface area contributed by atoms with Gasteiger partial charge in [-0.05, 0) is 25.3 Å². The van der Waals surface area contributed by atoms with Gasteiger partial charge in [0.1, 0.15) is 0 Å². The first-order valence-electron chi connectivity index (χ1n) is 9.21. The first-order chi connectivity index (χ1) is 12.2. The van der Waals surface area contributed by atoms with E-state index in [0.717, 1.165) is 43.5 Å². The molecule has 0 radical (unpaired) electrons. The molecule has 1 aliphatic heterocycles. The molecule has 2 aromatic rings. The molecule has 6 heteroatoms. The summed E-state index contributed by atoms with van der Waals surface area (Å²) in [7, 11) is 0. The van der Waals surface area contributed by atoms with Crippen LogP contribution in [0, 0.1) is 0 Å². The van der Waals surface area contributed by atoms with Crippen molar-refractivity contribution in [2.24, 2.45) is 0 Å². The van der Waals surface area contributed by atoms with Gasteiger partial charge in [-0.25, -0.2) is 0 Å². The van der Waals surface area contributed by atoms with Crippen LogP contribution in [0.4, 0.5) is 0 Å². The highest BCUT2D eigenvalue weighted by Crippen LogP contribution is 2.38. The monoisotopic (exact) mass is 342 g/mol. The molecule has 1 N–H and O–H groups in total. The maximum absolute atomic E-state index is 10.5. The van der Waals surface area contributed by atoms with Crippen LogP contribution in [0.3, 0.4) is 0 Å². The molecule has 2 heterocycles. The van der Waals surface area contributed by atoms with E-state index in [9.17, 15) is 5.11 Å². The zero-order valence-corrected chi connectivity index (χ0v) is 14.7. The van der Waals surface area contributed by atoms with Crippen LogP contribution in [0.2, 0.25) is 0 Å². The number of aliphatic hydroxyl groups is 1. The lowest BCUT2D eigenvalue weighted by molar-refractivity contribution is 0.0328. The number of hydrogen-bond acceptors (Lipinski definition) is 6. The molecule has 1 aromatic carbocycles. The standard InChI is InChI=1S/C19H26N4O2/c1-14-11-22(13-18-20-19(21-25-18)16-7-8-16)9-10-23(14)12-17(24)15-5-3-2-4-6-15/h2-6,14,16-17,24H,7-13H2,1H3/t14-,17-/m0/s1. The van der Waals surface area contributed by atoms with E-state index in [0.29, 0.717) is 18.5 Å². The molecule has 1 saturated heterocycles. The Morgan fingerprint density at radius 1 is 1.24 bits per heavy atom. The Labute approximate surface area is 148 Å². The third-order valence-electron chi connectivity index (χ3n) is 5.23. The van der Waals surface area contributed by atoms with Crippen LogP contribution in [0.5, 0.6) is 0 Å². The fourth-order valence-electron chi connectivity index (χ4n) is 3.52. The molecule has 2 fully saturated rings. The summed E-state index contributed by atoms with van der Waals surface area (Å²) >= 11 is 0. The number of aromatic nitrogens is 2. The van der Waals surface area contributed by atoms with Gasteiger partial charge in [0.25, 0.3) is 0 Å². The highest BCUT2D eigenvalue weighted by molar-refractivity contribution is 5.17. The van der Waals surface area contributed by atoms with Gasteiger partial charge in [-0.3, -0.25) is 9.80 Å². The highest BCUT2D eigenvalue weighted by Gasteiger charge is 2.30. The van der Waals surface area contributed by atoms with E-state index in [4.69, 9.17) is 4.52 Å². The summed E-state index contributed by atoms with van der Waals surface area (Å²) in [5.74, 6) is 2.15. The summed E-state index contributed by atoms with van der Waals surface area (Å²) in [6, 6.07) is 10.3. The minimum Gasteiger partial charge on any atom is -0.387 e. The third-order valence-corrected chi connectivity index (χ3v) is 5.23. The van der Waals surface area contributed by atoms with Gasteiger partial charge in [-0.1, -0.05) is 35.5 Å². The van der Waals surface area contributed by atoms with Crippen molar-refractivity contribution in [2.75, 3.05) is 26.2 Å². The predicted octanol–water partition coefficient (Wildman–Crippen LogP) is 2.19. The molecule has 1 aliphatic carbocycles. The van der Waals surface area contributed by atoms with Gasteiger partial charge in [0.15, 0.2) is 5.82 Å². The van der Waals surface area contributed by atoms with Crippen molar-refractivity contribution in [3.8, 4) is 0 Å². The van der Waals surface area contributed by atoms with Crippen LogP contribution in [0.1, 0.15) is 49.1 Å². The maximum Gasteiger partial charge on any atom is 0.240 e. The van der Waals surface area contributed by atoms with E-state index < -0.39 is 6.10 Å². The molecule has 1 saturated carbocycles. The average molecular weight is 342 g/mol. The molecule has 0 spiro atoms. The first kappa shape index (κ1) is 16.7. The van der Waals surface area contributed by atoms with Crippen molar-refractivity contribution >= 4 is 0 Å². The highest BCUT2D eigenvalue weighted by atomic mass is 16.5. The Kier molecular flexibility index (Phi) is 4.83. The van der Waals surface area contributed by atoms with E-state index in [1.807, 2.05) is 30.3 Å². The van der Waals surface area contributed by atoms with Crippen molar-refractivity contribution in [1.82, 2.24) is 19.9 Å². The summed E-state index contributed by atoms with van der Waals surface area (Å²) in [4.78, 5) is 9.25. The largest absolute Gasteiger partial charge is 0.387 e. The zero-order valence-electron chi connectivity index (χ0n) is 14.7. The van der Waals surface area contributed by atoms with E-state index in [1.165, 1.54) is 12.8 Å². The van der Waals surface area contributed by atoms with Crippen LogP contribution in [0.25, 0.3) is 0 Å². The number of rotatable bonds is 6. The van der Waals surface area contributed by atoms with Gasteiger partial charge >= 0.3 is 0 Å². The van der Waals surface area contributed by atoms with E-state index >= 15 is 0 Å². The second-order valence-electron chi connectivity index (χ2n) is 7.33. The van der Waals surface area contributed by atoms with Crippen molar-refractivity contribution in [1.29, 1.82) is 0 Å². The summed E-state index contributed by atoms with van der Waals surface area (Å²) in [5.41, 5.74) is 0.982. The molecule has 6 nitrogen and oxygen atoms in total. The summed E-state index contributed by atoms with van der Waals surface area (Å²) in [6.07, 6.45) is 1.95. The lowest BCUT2D eigenvalue weighted by Gasteiger charge is -2.40. The minimum absolute atomic E-state index is 0.387. The second kappa shape index (κ2) is 7.23. The fraction of sp³-hybridized carbons (Fsp3) is 0.579. The number of nitrogens with zero attached hydrogens (tertiary/aromatic N) is 4. The predicted molar refractivity (Wildman–Crippen MR) is 94.0 cm³/mol. The van der Waals surface area contributed by atoms with Gasteiger partial charge in [0.2, 0.25) is 5.89 Å². The van der Waals surface area contributed by atoms with Crippen LogP contribution in [-0.4, -0.2) is 57.3 Å². The molecule has 2 atom stereocenters. The number of piperazine rings is 1. The average Bonchev–Trinajstić information content (AvgIpc) is 3.38. The van der Waals surface area contributed by atoms with Crippen molar-refractivity contribution in [3.05, 3.63) is 47.6 Å². The third kappa shape index (κ3) is 4.08. The summed E-state index contributed by atoms with van der Waals surface area (Å²) in [5, 5.41) is 14.6. The smallest absolute Gasteiger partial charge is 0.240 e. The molecule has 25 heavy (non-hydrogen) atoms. The molecular weight excluding hydrogens is 316 g/mol. The van der Waals surface area contributed by atoms with Crippen molar-refractivity contribution in [2.45, 2.75) is 44.4 Å². The molecule has 134 valence electrons. The van der Waals surface area contributed by atoms with Crippen LogP contribution >= 0.6 is 0 Å². The fourth-order valence-corrected chi connectivity index (χ4v) is 3.52. The maximum atomic E-state index is 10.5. The lowest BCUT2D eigenvalue weighted by Crippen LogP contribution is -2.52. The van der Waals surface area contributed by atoms with Crippen LogP contribution < -0.4 is 0 Å². The molecule has 2 aliphatic rings. The topological polar surface area (TPSA) is 65.6 Å². The first-order valence-corrected chi connectivity index (χ1v) is 9.21. The Balaban J connectivity index is 1.29. The van der Waals surface area contributed by atoms with E-state index in [1.54, 1.807) is 0 Å². The van der Waals surface area contributed by atoms with Gasteiger partial charge in [-0.15, -0.1) is 0 Å². The summed E-state index contributed by atoms with van der Waals surface area (Å²) in [6.45, 7) is 6.45. The SMILES string of the molecule is C[C@H]1CN(Cc2nc(C3CC3)no2)CCN1C[C@H](O)c1ccccc1. The zero-order chi connectivity index (χ0) is 17.2. The Bertz CT molecular complexity index is 686. The van der Waals surface area contributed by atoms with Crippen LogP contribution in [-0.2, 0) is 6.54 Å². The normalized spacial score (nSPS) is 23.7. The number of benzene rings is 1. The van der Waals surface area contributed by atoms with Gasteiger partial charge in [0, 0.05) is 38.1 Å². The number of β-amino-alcohol motifs (C(OH)–C–C–N with tert-alkyl or cyclic N) is 1. The Hall–Kier alpha value is -1.76. The van der Waals surface area contributed by atoms with Gasteiger partial charge in [-0.2, -0.15) is 4.98 Å². The van der Waals surface area contributed by atoms with Crippen molar-refractivity contribution < 1.29 is 9.63 Å².